The minimum absolute atomic E-state index is 0.112. The molecule has 0 saturated heterocycles. The second-order valence-electron chi connectivity index (χ2n) is 7.51. The highest BCUT2D eigenvalue weighted by Gasteiger charge is 2.25. The molecule has 0 aliphatic carbocycles. The Kier molecular flexibility index (Phi) is 10.1. The molecule has 0 aliphatic rings. The van der Waals surface area contributed by atoms with Gasteiger partial charge in [-0.25, -0.2) is 0 Å². The first-order valence-corrected chi connectivity index (χ1v) is 11.8. The summed E-state index contributed by atoms with van der Waals surface area (Å²) in [4.78, 5) is 39.2. The quantitative estimate of drug-likeness (QED) is 0.542. The van der Waals surface area contributed by atoms with Crippen LogP contribution in [0.4, 0.5) is 5.69 Å². The second-order valence-corrected chi connectivity index (χ2v) is 8.50. The van der Waals surface area contributed by atoms with Gasteiger partial charge in [-0.2, -0.15) is 11.8 Å². The summed E-state index contributed by atoms with van der Waals surface area (Å²) in [5, 5.41) is 5.63. The maximum Gasteiger partial charge on any atom is 0.258 e. The molecule has 0 bridgehead atoms. The molecule has 0 aromatic heterocycles. The molecule has 2 aromatic rings. The number of para-hydroxylation sites is 2. The average Bonchev–Trinajstić information content (AvgIpc) is 2.78. The van der Waals surface area contributed by atoms with Crippen LogP contribution in [0, 0.1) is 13.8 Å². The molecule has 2 N–H and O–H groups in total. The normalized spacial score (nSPS) is 11.4. The first-order valence-electron chi connectivity index (χ1n) is 10.4. The Bertz CT molecular complexity index is 900. The van der Waals surface area contributed by atoms with Gasteiger partial charge in [-0.05, 0) is 55.5 Å². The predicted molar refractivity (Wildman–Crippen MR) is 129 cm³/mol. The lowest BCUT2D eigenvalue weighted by molar-refractivity contribution is -0.137. The highest BCUT2D eigenvalue weighted by Crippen LogP contribution is 2.19. The fourth-order valence-corrected chi connectivity index (χ4v) is 3.62. The van der Waals surface area contributed by atoms with Crippen LogP contribution in [0.3, 0.4) is 0 Å². The monoisotopic (exact) mass is 457 g/mol. The van der Waals surface area contributed by atoms with Gasteiger partial charge in [0.05, 0.1) is 6.54 Å². The third-order valence-electron chi connectivity index (χ3n) is 4.86. The van der Waals surface area contributed by atoms with Crippen molar-refractivity contribution in [1.82, 2.24) is 10.2 Å². The van der Waals surface area contributed by atoms with Gasteiger partial charge in [0.15, 0.2) is 6.61 Å². The number of thioether (sulfide) groups is 1. The summed E-state index contributed by atoms with van der Waals surface area (Å²) in [6.07, 6.45) is 2.39. The van der Waals surface area contributed by atoms with E-state index in [-0.39, 0.29) is 30.9 Å². The number of rotatable bonds is 11. The third-order valence-corrected chi connectivity index (χ3v) is 5.50. The van der Waals surface area contributed by atoms with Crippen molar-refractivity contribution >= 4 is 35.2 Å². The first kappa shape index (κ1) is 25.3. The van der Waals surface area contributed by atoms with Gasteiger partial charge in [-0.1, -0.05) is 36.4 Å². The smallest absolute Gasteiger partial charge is 0.258 e. The van der Waals surface area contributed by atoms with Crippen LogP contribution in [-0.2, 0) is 14.4 Å². The first-order chi connectivity index (χ1) is 15.3. The van der Waals surface area contributed by atoms with E-state index in [4.69, 9.17) is 4.74 Å². The van der Waals surface area contributed by atoms with Crippen LogP contribution in [0.5, 0.6) is 5.75 Å². The van der Waals surface area contributed by atoms with Gasteiger partial charge in [-0.15, -0.1) is 0 Å². The van der Waals surface area contributed by atoms with E-state index in [0.717, 1.165) is 16.8 Å². The molecule has 0 unspecified atom stereocenters. The summed E-state index contributed by atoms with van der Waals surface area (Å²) in [6, 6.07) is 14.0. The van der Waals surface area contributed by atoms with Gasteiger partial charge in [-0.3, -0.25) is 14.4 Å². The summed E-state index contributed by atoms with van der Waals surface area (Å²) in [5.74, 6) is 0.277. The molecule has 0 fully saturated rings. The molecule has 172 valence electrons. The number of hydrogen-bond donors (Lipinski definition) is 2. The number of hydrogen-bond acceptors (Lipinski definition) is 5. The highest BCUT2D eigenvalue weighted by atomic mass is 32.2. The maximum absolute atomic E-state index is 13.0. The maximum atomic E-state index is 13.0. The van der Waals surface area contributed by atoms with Crippen molar-refractivity contribution in [2.24, 2.45) is 0 Å². The minimum atomic E-state index is -0.729. The van der Waals surface area contributed by atoms with Crippen LogP contribution in [-0.4, -0.2) is 60.9 Å². The van der Waals surface area contributed by atoms with Gasteiger partial charge in [0.2, 0.25) is 11.8 Å². The minimum Gasteiger partial charge on any atom is -0.484 e. The number of amides is 3. The van der Waals surface area contributed by atoms with Crippen LogP contribution < -0.4 is 15.4 Å². The van der Waals surface area contributed by atoms with Crippen LogP contribution >= 0.6 is 11.8 Å². The Morgan fingerprint density at radius 1 is 1.00 bits per heavy atom. The van der Waals surface area contributed by atoms with Gasteiger partial charge in [0, 0.05) is 12.7 Å². The number of aryl methyl sites for hydroxylation is 2. The lowest BCUT2D eigenvalue weighted by Crippen LogP contribution is -2.50. The SMILES string of the molecule is CSCC[C@H](NC(=O)COc1ccccc1)C(=O)N(C)CC(=O)Nc1c(C)cccc1C. The van der Waals surface area contributed by atoms with Gasteiger partial charge >= 0.3 is 0 Å². The van der Waals surface area contributed by atoms with Crippen LogP contribution in [0.25, 0.3) is 0 Å². The van der Waals surface area contributed by atoms with E-state index >= 15 is 0 Å². The van der Waals surface area contributed by atoms with E-state index in [2.05, 4.69) is 10.6 Å². The summed E-state index contributed by atoms with van der Waals surface area (Å²) < 4.78 is 5.46. The van der Waals surface area contributed by atoms with Gasteiger partial charge < -0.3 is 20.3 Å². The summed E-state index contributed by atoms with van der Waals surface area (Å²) >= 11 is 1.58. The van der Waals surface area contributed by atoms with E-state index in [1.165, 1.54) is 4.90 Å². The van der Waals surface area contributed by atoms with Crippen LogP contribution in [0.15, 0.2) is 48.5 Å². The van der Waals surface area contributed by atoms with Crippen LogP contribution in [0.1, 0.15) is 17.5 Å². The summed E-state index contributed by atoms with van der Waals surface area (Å²) in [5.41, 5.74) is 2.66. The molecule has 1 atom stereocenters. The number of anilines is 1. The van der Waals surface area contributed by atoms with E-state index in [1.807, 2.05) is 56.5 Å². The second kappa shape index (κ2) is 12.8. The molecule has 8 heteroatoms. The zero-order valence-electron chi connectivity index (χ0n) is 19.0. The van der Waals surface area contributed by atoms with Crippen molar-refractivity contribution in [3.8, 4) is 5.75 Å². The Balaban J connectivity index is 1.94. The number of nitrogens with zero attached hydrogens (tertiary/aromatic N) is 1. The molecule has 3 amide bonds. The van der Waals surface area contributed by atoms with Crippen molar-refractivity contribution in [2.45, 2.75) is 26.3 Å². The number of carbonyl (C=O) groups is 3. The predicted octanol–water partition coefficient (Wildman–Crippen LogP) is 3.02. The van der Waals surface area contributed by atoms with Crippen LogP contribution in [0.2, 0.25) is 0 Å². The molecule has 0 radical (unpaired) electrons. The molecule has 2 aromatic carbocycles. The van der Waals surface area contributed by atoms with E-state index in [0.29, 0.717) is 17.9 Å². The summed E-state index contributed by atoms with van der Waals surface area (Å²) in [7, 11) is 1.56. The molecule has 0 spiro atoms. The van der Waals surface area contributed by atoms with Crippen molar-refractivity contribution in [2.75, 3.05) is 37.5 Å². The topological polar surface area (TPSA) is 87.7 Å². The third kappa shape index (κ3) is 7.92. The molecular weight excluding hydrogens is 426 g/mol. The van der Waals surface area contributed by atoms with E-state index < -0.39 is 6.04 Å². The van der Waals surface area contributed by atoms with Crippen molar-refractivity contribution in [3.05, 3.63) is 59.7 Å². The van der Waals surface area contributed by atoms with Gasteiger partial charge in [0.1, 0.15) is 11.8 Å². The number of ether oxygens (including phenoxy) is 1. The molecule has 2 rings (SSSR count). The highest BCUT2D eigenvalue weighted by molar-refractivity contribution is 7.98. The van der Waals surface area contributed by atoms with Crippen molar-refractivity contribution in [1.29, 1.82) is 0 Å². The van der Waals surface area contributed by atoms with E-state index in [1.54, 1.807) is 30.9 Å². The Labute approximate surface area is 193 Å². The molecular formula is C24H31N3O4S. The van der Waals surface area contributed by atoms with Gasteiger partial charge in [0.25, 0.3) is 5.91 Å². The largest absolute Gasteiger partial charge is 0.484 e. The lowest BCUT2D eigenvalue weighted by atomic mass is 10.1. The fraction of sp³-hybridized carbons (Fsp3) is 0.375. The Hall–Kier alpha value is -3.00. The number of nitrogens with one attached hydrogen (secondary N) is 2. The molecule has 0 aliphatic heterocycles. The van der Waals surface area contributed by atoms with E-state index in [9.17, 15) is 14.4 Å². The number of likely N-dealkylation sites (N-methyl/N-ethyl adjacent to an activating group) is 1. The number of carbonyl (C=O) groups excluding carboxylic acids is 3. The molecule has 0 saturated carbocycles. The summed E-state index contributed by atoms with van der Waals surface area (Å²) in [6.45, 7) is 3.54. The zero-order chi connectivity index (χ0) is 23.5. The lowest BCUT2D eigenvalue weighted by Gasteiger charge is -2.24. The van der Waals surface area contributed by atoms with Crippen molar-refractivity contribution in [3.63, 3.8) is 0 Å². The molecule has 7 nitrogen and oxygen atoms in total. The average molecular weight is 458 g/mol. The Morgan fingerprint density at radius 3 is 2.28 bits per heavy atom. The zero-order valence-corrected chi connectivity index (χ0v) is 19.8. The molecule has 32 heavy (non-hydrogen) atoms. The van der Waals surface area contributed by atoms with Crippen molar-refractivity contribution < 1.29 is 19.1 Å². The Morgan fingerprint density at radius 2 is 1.66 bits per heavy atom. The number of benzene rings is 2. The fourth-order valence-electron chi connectivity index (χ4n) is 3.14. The molecule has 0 heterocycles. The standard InChI is InChI=1S/C24H31N3O4S/c1-17-9-8-10-18(2)23(17)26-21(28)15-27(3)24(30)20(13-14-32-4)25-22(29)16-31-19-11-6-5-7-12-19/h5-12,20H,13-16H2,1-4H3,(H,25,29)(H,26,28)/t20-/m0/s1.